The molecule has 0 aromatic carbocycles. The molecule has 88 valence electrons. The predicted octanol–water partition coefficient (Wildman–Crippen LogP) is 2.17. The van der Waals surface area contributed by atoms with Gasteiger partial charge in [-0.05, 0) is 45.2 Å². The first-order valence-electron chi connectivity index (χ1n) is 5.71. The number of nitrogens with zero attached hydrogens (tertiary/aromatic N) is 1. The normalized spacial score (nSPS) is 18.3. The van der Waals surface area contributed by atoms with Crippen molar-refractivity contribution in [3.8, 4) is 5.88 Å². The molecule has 0 bridgehead atoms. The van der Waals surface area contributed by atoms with Crippen molar-refractivity contribution in [2.45, 2.75) is 44.6 Å². The van der Waals surface area contributed by atoms with E-state index in [4.69, 9.17) is 10.5 Å². The third kappa shape index (κ3) is 1.69. The van der Waals surface area contributed by atoms with E-state index in [2.05, 4.69) is 24.9 Å². The fourth-order valence-corrected chi connectivity index (χ4v) is 2.45. The molecule has 3 nitrogen and oxygen atoms in total. The minimum absolute atomic E-state index is 0.119. The fourth-order valence-electron chi connectivity index (χ4n) is 2.45. The van der Waals surface area contributed by atoms with Gasteiger partial charge in [-0.2, -0.15) is 0 Å². The zero-order chi connectivity index (χ0) is 12.0. The van der Waals surface area contributed by atoms with Gasteiger partial charge in [0.25, 0.3) is 0 Å². The lowest BCUT2D eigenvalue weighted by atomic mass is 9.79. The molecule has 2 rings (SSSR count). The lowest BCUT2D eigenvalue weighted by molar-refractivity contribution is 0.378. The molecule has 0 unspecified atom stereocenters. The van der Waals surface area contributed by atoms with Gasteiger partial charge >= 0.3 is 0 Å². The van der Waals surface area contributed by atoms with Gasteiger partial charge in [0.2, 0.25) is 5.88 Å². The maximum atomic E-state index is 6.29. The molecule has 3 heteroatoms. The molecular formula is C13H20N2O. The van der Waals surface area contributed by atoms with E-state index in [1.165, 1.54) is 5.56 Å². The first-order valence-corrected chi connectivity index (χ1v) is 5.71. The van der Waals surface area contributed by atoms with Crippen molar-refractivity contribution >= 4 is 0 Å². The molecule has 16 heavy (non-hydrogen) atoms. The van der Waals surface area contributed by atoms with E-state index in [1.807, 2.05) is 13.0 Å². The summed E-state index contributed by atoms with van der Waals surface area (Å²) in [6, 6.07) is 4.15. The monoisotopic (exact) mass is 220 g/mol. The fraction of sp³-hybridized carbons (Fsp3) is 0.615. The second-order valence-electron chi connectivity index (χ2n) is 5.34. The summed E-state index contributed by atoms with van der Waals surface area (Å²) >= 11 is 0. The number of rotatable bonds is 3. The molecule has 0 radical (unpaired) electrons. The third-order valence-electron chi connectivity index (χ3n) is 3.68. The van der Waals surface area contributed by atoms with Gasteiger partial charge in [0, 0.05) is 22.7 Å². The van der Waals surface area contributed by atoms with Gasteiger partial charge in [-0.25, -0.2) is 4.98 Å². The van der Waals surface area contributed by atoms with Crippen molar-refractivity contribution in [2.24, 2.45) is 5.73 Å². The number of ether oxygens (including phenoxy) is 1. The van der Waals surface area contributed by atoms with Crippen LogP contribution in [0.25, 0.3) is 0 Å². The topological polar surface area (TPSA) is 48.1 Å². The average molecular weight is 220 g/mol. The number of nitrogens with two attached hydrogens (primary N) is 1. The van der Waals surface area contributed by atoms with Gasteiger partial charge in [-0.1, -0.05) is 0 Å². The second kappa shape index (κ2) is 3.45. The molecule has 1 aliphatic rings. The standard InChI is InChI=1S/C13H20N2O/c1-9-7-10(8-11(15-9)16-4)13(5-6-13)12(2,3)14/h7-8H,5-6,14H2,1-4H3. The van der Waals surface area contributed by atoms with Crippen molar-refractivity contribution in [3.05, 3.63) is 23.4 Å². The van der Waals surface area contributed by atoms with Crippen LogP contribution >= 0.6 is 0 Å². The molecule has 1 heterocycles. The summed E-state index contributed by atoms with van der Waals surface area (Å²) in [5.41, 5.74) is 8.48. The Morgan fingerprint density at radius 3 is 2.44 bits per heavy atom. The number of methoxy groups -OCH3 is 1. The molecule has 1 aliphatic carbocycles. The van der Waals surface area contributed by atoms with E-state index in [0.717, 1.165) is 18.5 Å². The molecule has 1 fully saturated rings. The van der Waals surface area contributed by atoms with Gasteiger partial charge < -0.3 is 10.5 Å². The highest BCUT2D eigenvalue weighted by atomic mass is 16.5. The van der Waals surface area contributed by atoms with Crippen LogP contribution in [0.5, 0.6) is 5.88 Å². The van der Waals surface area contributed by atoms with Crippen LogP contribution < -0.4 is 10.5 Å². The number of pyridine rings is 1. The lowest BCUT2D eigenvalue weighted by Crippen LogP contribution is -2.45. The Labute approximate surface area is 97.0 Å². The highest BCUT2D eigenvalue weighted by Gasteiger charge is 2.53. The lowest BCUT2D eigenvalue weighted by Gasteiger charge is -2.31. The second-order valence-corrected chi connectivity index (χ2v) is 5.34. The summed E-state index contributed by atoms with van der Waals surface area (Å²) in [6.07, 6.45) is 2.31. The molecule has 1 aromatic rings. The smallest absolute Gasteiger partial charge is 0.213 e. The average Bonchev–Trinajstić information content (AvgIpc) is 2.96. The first-order chi connectivity index (χ1) is 7.39. The van der Waals surface area contributed by atoms with Crippen LogP contribution in [0.3, 0.4) is 0 Å². The van der Waals surface area contributed by atoms with E-state index in [-0.39, 0.29) is 11.0 Å². The number of aryl methyl sites for hydroxylation is 1. The minimum Gasteiger partial charge on any atom is -0.481 e. The maximum Gasteiger partial charge on any atom is 0.213 e. The highest BCUT2D eigenvalue weighted by molar-refractivity contribution is 5.39. The number of hydrogen-bond donors (Lipinski definition) is 1. The Bertz CT molecular complexity index is 403. The summed E-state index contributed by atoms with van der Waals surface area (Å²) in [6.45, 7) is 6.19. The molecule has 0 saturated heterocycles. The largest absolute Gasteiger partial charge is 0.481 e. The molecule has 0 aliphatic heterocycles. The van der Waals surface area contributed by atoms with Gasteiger partial charge in [-0.3, -0.25) is 0 Å². The maximum absolute atomic E-state index is 6.29. The van der Waals surface area contributed by atoms with Crippen molar-refractivity contribution < 1.29 is 4.74 Å². The van der Waals surface area contributed by atoms with Crippen molar-refractivity contribution in [2.75, 3.05) is 7.11 Å². The van der Waals surface area contributed by atoms with E-state index in [0.29, 0.717) is 5.88 Å². The van der Waals surface area contributed by atoms with Crippen molar-refractivity contribution in [1.29, 1.82) is 0 Å². The molecule has 0 spiro atoms. The van der Waals surface area contributed by atoms with Crippen LogP contribution in [0.4, 0.5) is 0 Å². The van der Waals surface area contributed by atoms with E-state index in [1.54, 1.807) is 7.11 Å². The van der Waals surface area contributed by atoms with Crippen LogP contribution in [-0.2, 0) is 5.41 Å². The molecule has 2 N–H and O–H groups in total. The van der Waals surface area contributed by atoms with Gasteiger partial charge in [0.1, 0.15) is 0 Å². The quantitative estimate of drug-likeness (QED) is 0.849. The minimum atomic E-state index is -0.189. The summed E-state index contributed by atoms with van der Waals surface area (Å²) in [7, 11) is 1.65. The van der Waals surface area contributed by atoms with E-state index >= 15 is 0 Å². The Morgan fingerprint density at radius 1 is 1.38 bits per heavy atom. The number of hydrogen-bond acceptors (Lipinski definition) is 3. The number of aromatic nitrogens is 1. The molecular weight excluding hydrogens is 200 g/mol. The van der Waals surface area contributed by atoms with Crippen LogP contribution in [0, 0.1) is 6.92 Å². The van der Waals surface area contributed by atoms with Gasteiger partial charge in [-0.15, -0.1) is 0 Å². The third-order valence-corrected chi connectivity index (χ3v) is 3.68. The Morgan fingerprint density at radius 2 is 2.00 bits per heavy atom. The van der Waals surface area contributed by atoms with Gasteiger partial charge in [0.15, 0.2) is 0 Å². The SMILES string of the molecule is COc1cc(C2(C(C)(C)N)CC2)cc(C)n1. The zero-order valence-corrected chi connectivity index (χ0v) is 10.5. The summed E-state index contributed by atoms with van der Waals surface area (Å²) in [5.74, 6) is 0.686. The Hall–Kier alpha value is -1.09. The highest BCUT2D eigenvalue weighted by Crippen LogP contribution is 2.55. The Balaban J connectivity index is 2.45. The van der Waals surface area contributed by atoms with Crippen molar-refractivity contribution in [1.82, 2.24) is 4.98 Å². The summed E-state index contributed by atoms with van der Waals surface area (Å²) in [5, 5.41) is 0. The van der Waals surface area contributed by atoms with Crippen LogP contribution in [-0.4, -0.2) is 17.6 Å². The van der Waals surface area contributed by atoms with Crippen LogP contribution in [0.1, 0.15) is 37.9 Å². The van der Waals surface area contributed by atoms with Crippen LogP contribution in [0.15, 0.2) is 12.1 Å². The van der Waals surface area contributed by atoms with Crippen molar-refractivity contribution in [3.63, 3.8) is 0 Å². The molecule has 0 amide bonds. The first kappa shape index (κ1) is 11.4. The summed E-state index contributed by atoms with van der Waals surface area (Å²) in [4.78, 5) is 4.31. The zero-order valence-electron chi connectivity index (χ0n) is 10.5. The van der Waals surface area contributed by atoms with E-state index in [9.17, 15) is 0 Å². The van der Waals surface area contributed by atoms with Crippen LogP contribution in [0.2, 0.25) is 0 Å². The molecule has 0 atom stereocenters. The van der Waals surface area contributed by atoms with Gasteiger partial charge in [0.05, 0.1) is 7.11 Å². The summed E-state index contributed by atoms with van der Waals surface area (Å²) < 4.78 is 5.22. The molecule has 1 aromatic heterocycles. The predicted molar refractivity (Wildman–Crippen MR) is 64.7 cm³/mol. The molecule has 1 saturated carbocycles. The van der Waals surface area contributed by atoms with E-state index < -0.39 is 0 Å². The Kier molecular flexibility index (Phi) is 2.46.